The highest BCUT2D eigenvalue weighted by molar-refractivity contribution is 6.30. The molecular formula is C31H35ClN4O. The van der Waals surface area contributed by atoms with Gasteiger partial charge in [-0.05, 0) is 85.5 Å². The summed E-state index contributed by atoms with van der Waals surface area (Å²) in [5, 5.41) is 3.85. The van der Waals surface area contributed by atoms with Crippen molar-refractivity contribution in [1.29, 1.82) is 0 Å². The maximum atomic E-state index is 13.5. The zero-order valence-electron chi connectivity index (χ0n) is 21.8. The van der Waals surface area contributed by atoms with Crippen LogP contribution < -0.4 is 10.2 Å². The van der Waals surface area contributed by atoms with Gasteiger partial charge < -0.3 is 19.7 Å². The van der Waals surface area contributed by atoms with Crippen molar-refractivity contribution in [3.05, 3.63) is 119 Å². The average molecular weight is 515 g/mol. The van der Waals surface area contributed by atoms with Gasteiger partial charge in [0.1, 0.15) is 0 Å². The van der Waals surface area contributed by atoms with Gasteiger partial charge in [0.15, 0.2) is 0 Å². The molecule has 192 valence electrons. The van der Waals surface area contributed by atoms with Crippen LogP contribution >= 0.6 is 11.6 Å². The van der Waals surface area contributed by atoms with E-state index >= 15 is 0 Å². The Bertz CT molecular complexity index is 1300. The predicted molar refractivity (Wildman–Crippen MR) is 155 cm³/mol. The number of nitrogens with zero attached hydrogens (tertiary/aromatic N) is 3. The van der Waals surface area contributed by atoms with E-state index in [2.05, 4.69) is 60.1 Å². The highest BCUT2D eigenvalue weighted by Crippen LogP contribution is 2.18. The van der Waals surface area contributed by atoms with Crippen molar-refractivity contribution in [2.24, 2.45) is 0 Å². The number of carbonyl (C=O) groups excluding carboxylic acids is 1. The molecule has 0 unspecified atom stereocenters. The lowest BCUT2D eigenvalue weighted by Gasteiger charge is -2.26. The second-order valence-electron chi connectivity index (χ2n) is 9.52. The van der Waals surface area contributed by atoms with Crippen molar-refractivity contribution in [3.63, 3.8) is 0 Å². The van der Waals surface area contributed by atoms with Crippen molar-refractivity contribution in [2.75, 3.05) is 30.4 Å². The van der Waals surface area contributed by atoms with Crippen molar-refractivity contribution >= 4 is 29.0 Å². The van der Waals surface area contributed by atoms with E-state index in [0.717, 1.165) is 47.0 Å². The first-order valence-electron chi connectivity index (χ1n) is 12.7. The average Bonchev–Trinajstić information content (AvgIpc) is 3.33. The Morgan fingerprint density at radius 3 is 2.38 bits per heavy atom. The Hall–Kier alpha value is -3.70. The van der Waals surface area contributed by atoms with Gasteiger partial charge in [0, 0.05) is 55.0 Å². The number of carbonyl (C=O) groups is 1. The Kier molecular flexibility index (Phi) is 8.91. The molecule has 4 aromatic rings. The molecule has 0 saturated carbocycles. The molecule has 4 rings (SSSR count). The summed E-state index contributed by atoms with van der Waals surface area (Å²) in [7, 11) is 2.09. The molecule has 0 saturated heterocycles. The van der Waals surface area contributed by atoms with Gasteiger partial charge in [-0.3, -0.25) is 0 Å². The fraction of sp³-hybridized carbons (Fsp3) is 0.258. The molecule has 0 aliphatic rings. The fourth-order valence-corrected chi connectivity index (χ4v) is 4.44. The maximum absolute atomic E-state index is 13.5. The number of aryl methyl sites for hydroxylation is 2. The summed E-state index contributed by atoms with van der Waals surface area (Å²) in [6.07, 6.45) is 2.91. The highest BCUT2D eigenvalue weighted by Gasteiger charge is 2.17. The van der Waals surface area contributed by atoms with Crippen LogP contribution in [-0.4, -0.2) is 35.6 Å². The molecular weight excluding hydrogens is 480 g/mol. The number of hydrogen-bond donors (Lipinski definition) is 1. The van der Waals surface area contributed by atoms with Crippen molar-refractivity contribution in [3.8, 4) is 0 Å². The van der Waals surface area contributed by atoms with Gasteiger partial charge in [-0.15, -0.1) is 0 Å². The van der Waals surface area contributed by atoms with Crippen LogP contribution in [0.4, 0.5) is 16.2 Å². The second-order valence-corrected chi connectivity index (χ2v) is 9.95. The SMILES string of the molecule is Cc1ccc(NC(=O)N(CCCN(C)c2ccccc2)Cc2cccn2Cc2ccc(Cl)cc2)cc1C. The lowest BCUT2D eigenvalue weighted by atomic mass is 10.1. The number of amides is 2. The monoisotopic (exact) mass is 514 g/mol. The van der Waals surface area contributed by atoms with Crippen LogP contribution in [0.2, 0.25) is 5.02 Å². The van der Waals surface area contributed by atoms with Gasteiger partial charge in [-0.2, -0.15) is 0 Å². The van der Waals surface area contributed by atoms with Gasteiger partial charge in [0.2, 0.25) is 0 Å². The van der Waals surface area contributed by atoms with E-state index in [1.807, 2.05) is 71.6 Å². The molecule has 0 aliphatic carbocycles. The van der Waals surface area contributed by atoms with Crippen molar-refractivity contribution in [2.45, 2.75) is 33.4 Å². The molecule has 1 heterocycles. The van der Waals surface area contributed by atoms with E-state index in [1.165, 1.54) is 11.3 Å². The molecule has 0 bridgehead atoms. The number of aromatic nitrogens is 1. The minimum atomic E-state index is -0.0927. The van der Waals surface area contributed by atoms with Gasteiger partial charge in [0.25, 0.3) is 0 Å². The van der Waals surface area contributed by atoms with Gasteiger partial charge in [-0.25, -0.2) is 4.79 Å². The molecule has 2 amide bonds. The summed E-state index contributed by atoms with van der Waals surface area (Å²) in [6.45, 7) is 6.87. The molecule has 0 spiro atoms. The molecule has 5 nitrogen and oxygen atoms in total. The number of nitrogens with one attached hydrogen (secondary N) is 1. The molecule has 0 fully saturated rings. The third-order valence-electron chi connectivity index (χ3n) is 6.71. The number of hydrogen-bond acceptors (Lipinski definition) is 2. The van der Waals surface area contributed by atoms with Crippen molar-refractivity contribution < 1.29 is 4.79 Å². The van der Waals surface area contributed by atoms with Crippen LogP contribution in [0.1, 0.15) is 28.8 Å². The van der Waals surface area contributed by atoms with Crippen LogP contribution in [0.15, 0.2) is 91.1 Å². The fourth-order valence-electron chi connectivity index (χ4n) is 4.31. The number of benzene rings is 3. The number of anilines is 2. The summed E-state index contributed by atoms with van der Waals surface area (Å²) in [5.41, 5.74) is 6.60. The van der Waals surface area contributed by atoms with E-state index in [9.17, 15) is 4.79 Å². The first kappa shape index (κ1) is 26.4. The van der Waals surface area contributed by atoms with Gasteiger partial charge >= 0.3 is 6.03 Å². The first-order valence-corrected chi connectivity index (χ1v) is 13.0. The zero-order chi connectivity index (χ0) is 26.2. The summed E-state index contributed by atoms with van der Waals surface area (Å²) >= 11 is 6.06. The molecule has 37 heavy (non-hydrogen) atoms. The second kappa shape index (κ2) is 12.5. The standard InChI is InChI=1S/C31H35ClN4O/c1-24-12-17-28(21-25(24)2)33-31(37)36(20-8-18-34(3)29-9-5-4-6-10-29)23-30-11-7-19-35(30)22-26-13-15-27(32)16-14-26/h4-7,9-17,19,21H,8,18,20,22-23H2,1-3H3,(H,33,37). The maximum Gasteiger partial charge on any atom is 0.322 e. The zero-order valence-corrected chi connectivity index (χ0v) is 22.6. The van der Waals surface area contributed by atoms with Crippen molar-refractivity contribution in [1.82, 2.24) is 9.47 Å². The van der Waals surface area contributed by atoms with E-state index in [0.29, 0.717) is 13.1 Å². The molecule has 3 aromatic carbocycles. The van der Waals surface area contributed by atoms with Gasteiger partial charge in [-0.1, -0.05) is 48.0 Å². The number of para-hydroxylation sites is 1. The van der Waals surface area contributed by atoms with Crippen LogP contribution in [0.25, 0.3) is 0 Å². The largest absolute Gasteiger partial charge is 0.375 e. The first-order chi connectivity index (χ1) is 17.9. The van der Waals surface area contributed by atoms with Gasteiger partial charge in [0.05, 0.1) is 6.54 Å². The summed E-state index contributed by atoms with van der Waals surface area (Å²) in [6, 6.07) is 28.3. The Balaban J connectivity index is 1.47. The molecule has 0 aliphatic heterocycles. The quantitative estimate of drug-likeness (QED) is 0.240. The van der Waals surface area contributed by atoms with E-state index < -0.39 is 0 Å². The molecule has 6 heteroatoms. The topological polar surface area (TPSA) is 40.5 Å². The van der Waals surface area contributed by atoms with Crippen LogP contribution in [0.3, 0.4) is 0 Å². The smallest absolute Gasteiger partial charge is 0.322 e. The molecule has 1 N–H and O–H groups in total. The summed E-state index contributed by atoms with van der Waals surface area (Å²) in [4.78, 5) is 17.6. The third-order valence-corrected chi connectivity index (χ3v) is 6.96. The van der Waals surface area contributed by atoms with E-state index in [4.69, 9.17) is 11.6 Å². The Morgan fingerprint density at radius 1 is 0.892 bits per heavy atom. The number of halogens is 1. The van der Waals surface area contributed by atoms with E-state index in [-0.39, 0.29) is 6.03 Å². The van der Waals surface area contributed by atoms with Crippen LogP contribution in [-0.2, 0) is 13.1 Å². The molecule has 0 atom stereocenters. The Morgan fingerprint density at radius 2 is 1.65 bits per heavy atom. The molecule has 0 radical (unpaired) electrons. The highest BCUT2D eigenvalue weighted by atomic mass is 35.5. The molecule has 1 aromatic heterocycles. The van der Waals surface area contributed by atoms with Crippen LogP contribution in [0.5, 0.6) is 0 Å². The predicted octanol–water partition coefficient (Wildman–Crippen LogP) is 7.37. The minimum Gasteiger partial charge on any atom is -0.375 e. The lowest BCUT2D eigenvalue weighted by Crippen LogP contribution is -2.37. The summed E-state index contributed by atoms with van der Waals surface area (Å²) < 4.78 is 2.19. The van der Waals surface area contributed by atoms with Crippen LogP contribution in [0, 0.1) is 13.8 Å². The summed E-state index contributed by atoms with van der Waals surface area (Å²) in [5.74, 6) is 0. The minimum absolute atomic E-state index is 0.0927. The lowest BCUT2D eigenvalue weighted by molar-refractivity contribution is 0.207. The normalized spacial score (nSPS) is 10.8. The van der Waals surface area contributed by atoms with E-state index in [1.54, 1.807) is 0 Å². The number of urea groups is 1. The number of rotatable bonds is 10. The third kappa shape index (κ3) is 7.40. The Labute approximate surface area is 225 Å².